The van der Waals surface area contributed by atoms with E-state index in [1.807, 2.05) is 12.1 Å². The van der Waals surface area contributed by atoms with Crippen LogP contribution in [0.5, 0.6) is 0 Å². The molecule has 17 heavy (non-hydrogen) atoms. The predicted molar refractivity (Wildman–Crippen MR) is 73.7 cm³/mol. The molecule has 1 rings (SSSR count). The van der Waals surface area contributed by atoms with E-state index in [0.29, 0.717) is 6.61 Å². The van der Waals surface area contributed by atoms with Gasteiger partial charge >= 0.3 is 0 Å². The molecule has 0 saturated carbocycles. The second kappa shape index (κ2) is 7.70. The molecule has 2 nitrogen and oxygen atoms in total. The van der Waals surface area contributed by atoms with Crippen molar-refractivity contribution in [2.24, 2.45) is 0 Å². The molecule has 0 aliphatic heterocycles. The maximum absolute atomic E-state index is 6.15. The van der Waals surface area contributed by atoms with E-state index < -0.39 is 0 Å². The van der Waals surface area contributed by atoms with E-state index in [0.717, 1.165) is 30.2 Å². The number of hydrogen-bond acceptors (Lipinski definition) is 2. The zero-order valence-electron chi connectivity index (χ0n) is 10.9. The van der Waals surface area contributed by atoms with Crippen molar-refractivity contribution in [3.05, 3.63) is 34.3 Å². The standard InChI is InChI=1S/C14H22ClNO/c1-4-9-17-10-14(16-5-2)12-7-6-8-13(15)11(12)3/h6-8,14,16H,4-5,9-10H2,1-3H3. The highest BCUT2D eigenvalue weighted by Crippen LogP contribution is 2.24. The lowest BCUT2D eigenvalue weighted by Crippen LogP contribution is -2.26. The van der Waals surface area contributed by atoms with E-state index in [4.69, 9.17) is 16.3 Å². The Balaban J connectivity index is 2.77. The first kappa shape index (κ1) is 14.5. The van der Waals surface area contributed by atoms with Gasteiger partial charge in [-0.25, -0.2) is 0 Å². The molecule has 0 aliphatic rings. The van der Waals surface area contributed by atoms with Crippen molar-refractivity contribution in [3.63, 3.8) is 0 Å². The van der Waals surface area contributed by atoms with Crippen LogP contribution >= 0.6 is 11.6 Å². The van der Waals surface area contributed by atoms with Crippen molar-refractivity contribution in [2.45, 2.75) is 33.2 Å². The van der Waals surface area contributed by atoms with Crippen LogP contribution in [0.15, 0.2) is 18.2 Å². The minimum atomic E-state index is 0.227. The van der Waals surface area contributed by atoms with E-state index in [9.17, 15) is 0 Å². The molecule has 0 heterocycles. The van der Waals surface area contributed by atoms with Gasteiger partial charge in [-0.3, -0.25) is 0 Å². The first-order chi connectivity index (χ1) is 8.20. The number of likely N-dealkylation sites (N-methyl/N-ethyl adjacent to an activating group) is 1. The molecule has 3 heteroatoms. The van der Waals surface area contributed by atoms with Gasteiger partial charge in [0.2, 0.25) is 0 Å². The summed E-state index contributed by atoms with van der Waals surface area (Å²) in [6, 6.07) is 6.26. The smallest absolute Gasteiger partial charge is 0.0661 e. The molecule has 0 saturated heterocycles. The summed E-state index contributed by atoms with van der Waals surface area (Å²) in [5, 5.41) is 4.26. The summed E-state index contributed by atoms with van der Waals surface area (Å²) < 4.78 is 5.64. The fourth-order valence-electron chi connectivity index (χ4n) is 1.85. The van der Waals surface area contributed by atoms with Crippen LogP contribution in [-0.2, 0) is 4.74 Å². The van der Waals surface area contributed by atoms with Crippen molar-refractivity contribution in [2.75, 3.05) is 19.8 Å². The molecule has 1 N–H and O–H groups in total. The second-order valence-corrected chi connectivity index (χ2v) is 4.55. The van der Waals surface area contributed by atoms with E-state index in [-0.39, 0.29) is 6.04 Å². The molecule has 0 amide bonds. The lowest BCUT2D eigenvalue weighted by molar-refractivity contribution is 0.112. The van der Waals surface area contributed by atoms with Gasteiger partial charge in [-0.2, -0.15) is 0 Å². The maximum Gasteiger partial charge on any atom is 0.0661 e. The van der Waals surface area contributed by atoms with Gasteiger partial charge in [0.1, 0.15) is 0 Å². The van der Waals surface area contributed by atoms with Crippen molar-refractivity contribution in [1.82, 2.24) is 5.32 Å². The third-order valence-electron chi connectivity index (χ3n) is 2.77. The molecule has 0 fully saturated rings. The van der Waals surface area contributed by atoms with Crippen molar-refractivity contribution >= 4 is 11.6 Å². The lowest BCUT2D eigenvalue weighted by atomic mass is 10.0. The largest absolute Gasteiger partial charge is 0.379 e. The third kappa shape index (κ3) is 4.30. The van der Waals surface area contributed by atoms with Crippen LogP contribution in [0.3, 0.4) is 0 Å². The van der Waals surface area contributed by atoms with Gasteiger partial charge in [-0.05, 0) is 37.1 Å². The second-order valence-electron chi connectivity index (χ2n) is 4.14. The molecule has 0 bridgehead atoms. The Bertz CT molecular complexity index is 341. The monoisotopic (exact) mass is 255 g/mol. The molecule has 1 aromatic carbocycles. The van der Waals surface area contributed by atoms with Crippen LogP contribution in [-0.4, -0.2) is 19.8 Å². The number of ether oxygens (including phenoxy) is 1. The highest BCUT2D eigenvalue weighted by Gasteiger charge is 2.14. The minimum absolute atomic E-state index is 0.227. The summed E-state index contributed by atoms with van der Waals surface area (Å²) in [4.78, 5) is 0. The fourth-order valence-corrected chi connectivity index (χ4v) is 2.03. The Kier molecular flexibility index (Phi) is 6.56. The molecule has 96 valence electrons. The van der Waals surface area contributed by atoms with E-state index in [2.05, 4.69) is 32.2 Å². The lowest BCUT2D eigenvalue weighted by Gasteiger charge is -2.20. The zero-order valence-corrected chi connectivity index (χ0v) is 11.7. The normalized spacial score (nSPS) is 12.7. The average molecular weight is 256 g/mol. The number of rotatable bonds is 7. The first-order valence-corrected chi connectivity index (χ1v) is 6.64. The van der Waals surface area contributed by atoms with Gasteiger partial charge in [0, 0.05) is 11.6 Å². The van der Waals surface area contributed by atoms with Crippen molar-refractivity contribution in [3.8, 4) is 0 Å². The number of nitrogens with one attached hydrogen (secondary N) is 1. The van der Waals surface area contributed by atoms with Crippen LogP contribution in [0.25, 0.3) is 0 Å². The Morgan fingerprint density at radius 2 is 2.12 bits per heavy atom. The molecule has 0 radical (unpaired) electrons. The van der Waals surface area contributed by atoms with Crippen LogP contribution in [0.2, 0.25) is 5.02 Å². The highest BCUT2D eigenvalue weighted by atomic mass is 35.5. The molecule has 0 aromatic heterocycles. The van der Waals surface area contributed by atoms with E-state index in [1.165, 1.54) is 5.56 Å². The summed E-state index contributed by atoms with van der Waals surface area (Å²) in [7, 11) is 0. The van der Waals surface area contributed by atoms with Crippen molar-refractivity contribution in [1.29, 1.82) is 0 Å². The number of halogens is 1. The Labute approximate surface area is 109 Å². The van der Waals surface area contributed by atoms with Crippen LogP contribution in [0.4, 0.5) is 0 Å². The van der Waals surface area contributed by atoms with Gasteiger partial charge in [-0.1, -0.05) is 37.6 Å². The van der Waals surface area contributed by atoms with Gasteiger partial charge in [0.25, 0.3) is 0 Å². The number of benzene rings is 1. The fraction of sp³-hybridized carbons (Fsp3) is 0.571. The Morgan fingerprint density at radius 1 is 1.35 bits per heavy atom. The predicted octanol–water partition coefficient (Wildman–Crippen LogP) is 3.73. The van der Waals surface area contributed by atoms with Gasteiger partial charge in [0.05, 0.1) is 12.6 Å². The van der Waals surface area contributed by atoms with E-state index in [1.54, 1.807) is 0 Å². The maximum atomic E-state index is 6.15. The van der Waals surface area contributed by atoms with E-state index >= 15 is 0 Å². The molecule has 1 atom stereocenters. The molecule has 1 unspecified atom stereocenters. The van der Waals surface area contributed by atoms with Crippen LogP contribution < -0.4 is 5.32 Å². The van der Waals surface area contributed by atoms with Gasteiger partial charge in [0.15, 0.2) is 0 Å². The minimum Gasteiger partial charge on any atom is -0.379 e. The highest BCUT2D eigenvalue weighted by molar-refractivity contribution is 6.31. The summed E-state index contributed by atoms with van der Waals surface area (Å²) >= 11 is 6.15. The summed E-state index contributed by atoms with van der Waals surface area (Å²) in [5.41, 5.74) is 2.37. The topological polar surface area (TPSA) is 21.3 Å². The first-order valence-electron chi connectivity index (χ1n) is 6.26. The zero-order chi connectivity index (χ0) is 12.7. The number of hydrogen-bond donors (Lipinski definition) is 1. The van der Waals surface area contributed by atoms with Crippen LogP contribution in [0, 0.1) is 6.92 Å². The van der Waals surface area contributed by atoms with Crippen molar-refractivity contribution < 1.29 is 4.74 Å². The van der Waals surface area contributed by atoms with Gasteiger partial charge in [-0.15, -0.1) is 0 Å². The summed E-state index contributed by atoms with van der Waals surface area (Å²) in [6.45, 7) is 8.71. The molecule has 1 aromatic rings. The Morgan fingerprint density at radius 3 is 2.76 bits per heavy atom. The third-order valence-corrected chi connectivity index (χ3v) is 3.18. The average Bonchev–Trinajstić information content (AvgIpc) is 2.32. The SMILES string of the molecule is CCCOCC(NCC)c1cccc(Cl)c1C. The van der Waals surface area contributed by atoms with Crippen LogP contribution in [0.1, 0.15) is 37.4 Å². The van der Waals surface area contributed by atoms with Gasteiger partial charge < -0.3 is 10.1 Å². The summed E-state index contributed by atoms with van der Waals surface area (Å²) in [6.07, 6.45) is 1.05. The molecular formula is C14H22ClNO. The molecule has 0 spiro atoms. The summed E-state index contributed by atoms with van der Waals surface area (Å²) in [5.74, 6) is 0. The Hall–Kier alpha value is -0.570. The molecular weight excluding hydrogens is 234 g/mol. The quantitative estimate of drug-likeness (QED) is 0.750. The molecule has 0 aliphatic carbocycles.